The van der Waals surface area contributed by atoms with E-state index in [4.69, 9.17) is 4.74 Å². The summed E-state index contributed by atoms with van der Waals surface area (Å²) in [5.41, 5.74) is 1.29. The second-order valence-electron chi connectivity index (χ2n) is 4.16. The molecule has 2 aromatic carbocycles. The fourth-order valence-electron chi connectivity index (χ4n) is 1.75. The number of ether oxygens (including phenoxy) is 1. The van der Waals surface area contributed by atoms with E-state index in [0.29, 0.717) is 18.0 Å². The van der Waals surface area contributed by atoms with E-state index in [1.165, 1.54) is 13.2 Å². The fraction of sp³-hybridized carbons (Fsp3) is 0.143. The number of hydrogen-bond acceptors (Lipinski definition) is 5. The van der Waals surface area contributed by atoms with Crippen LogP contribution in [0.15, 0.2) is 42.5 Å². The van der Waals surface area contributed by atoms with E-state index in [-0.39, 0.29) is 11.4 Å². The normalized spacial score (nSPS) is 10.1. The van der Waals surface area contributed by atoms with Crippen molar-refractivity contribution >= 4 is 11.4 Å². The Morgan fingerprint density at radius 2 is 1.95 bits per heavy atom. The standard InChI is InChI=1S/C14H14N2O4/c1-20-12-6-7-13(14(8-12)16(18)19)15-9-10-2-4-11(17)5-3-10/h2-8,15,17H,9H2,1H3. The molecule has 20 heavy (non-hydrogen) atoms. The van der Waals surface area contributed by atoms with Gasteiger partial charge in [0.05, 0.1) is 18.1 Å². The van der Waals surface area contributed by atoms with Gasteiger partial charge in [0.15, 0.2) is 0 Å². The van der Waals surface area contributed by atoms with Gasteiger partial charge >= 0.3 is 0 Å². The van der Waals surface area contributed by atoms with E-state index in [1.807, 2.05) is 0 Å². The molecule has 0 fully saturated rings. The summed E-state index contributed by atoms with van der Waals surface area (Å²) in [7, 11) is 1.46. The maximum Gasteiger partial charge on any atom is 0.296 e. The summed E-state index contributed by atoms with van der Waals surface area (Å²) in [4.78, 5) is 10.6. The van der Waals surface area contributed by atoms with Crippen molar-refractivity contribution in [1.82, 2.24) is 0 Å². The molecule has 0 atom stereocenters. The molecule has 2 aromatic rings. The molecular formula is C14H14N2O4. The topological polar surface area (TPSA) is 84.6 Å². The number of rotatable bonds is 5. The number of nitro groups is 1. The number of methoxy groups -OCH3 is 1. The second-order valence-corrected chi connectivity index (χ2v) is 4.16. The molecule has 6 nitrogen and oxygen atoms in total. The molecule has 0 unspecified atom stereocenters. The highest BCUT2D eigenvalue weighted by Gasteiger charge is 2.14. The molecule has 0 heterocycles. The van der Waals surface area contributed by atoms with Gasteiger partial charge < -0.3 is 15.2 Å². The average molecular weight is 274 g/mol. The number of aromatic hydroxyl groups is 1. The van der Waals surface area contributed by atoms with Crippen LogP contribution in [0.25, 0.3) is 0 Å². The van der Waals surface area contributed by atoms with E-state index in [9.17, 15) is 15.2 Å². The van der Waals surface area contributed by atoms with Crippen LogP contribution in [-0.4, -0.2) is 17.1 Å². The van der Waals surface area contributed by atoms with Gasteiger partial charge in [-0.3, -0.25) is 10.1 Å². The molecule has 0 saturated carbocycles. The molecule has 0 aliphatic rings. The molecule has 0 spiro atoms. The van der Waals surface area contributed by atoms with E-state index >= 15 is 0 Å². The first-order valence-corrected chi connectivity index (χ1v) is 5.94. The first-order chi connectivity index (χ1) is 9.60. The highest BCUT2D eigenvalue weighted by Crippen LogP contribution is 2.29. The van der Waals surface area contributed by atoms with Gasteiger partial charge in [-0.05, 0) is 29.8 Å². The number of hydrogen-bond donors (Lipinski definition) is 2. The lowest BCUT2D eigenvalue weighted by molar-refractivity contribution is -0.384. The number of nitrogens with zero attached hydrogens (tertiary/aromatic N) is 1. The summed E-state index contributed by atoms with van der Waals surface area (Å²) in [6.07, 6.45) is 0. The van der Waals surface area contributed by atoms with Crippen molar-refractivity contribution in [2.24, 2.45) is 0 Å². The third kappa shape index (κ3) is 3.17. The van der Waals surface area contributed by atoms with Crippen LogP contribution in [0.3, 0.4) is 0 Å². The minimum absolute atomic E-state index is 0.0388. The van der Waals surface area contributed by atoms with Crippen LogP contribution in [0, 0.1) is 10.1 Å². The monoisotopic (exact) mass is 274 g/mol. The van der Waals surface area contributed by atoms with Crippen LogP contribution in [0.1, 0.15) is 5.56 Å². The molecule has 6 heteroatoms. The summed E-state index contributed by atoms with van der Waals surface area (Å²) >= 11 is 0. The Balaban J connectivity index is 2.16. The van der Waals surface area contributed by atoms with Crippen LogP contribution in [0.5, 0.6) is 11.5 Å². The molecule has 0 aliphatic carbocycles. The van der Waals surface area contributed by atoms with E-state index in [0.717, 1.165) is 5.56 Å². The summed E-state index contributed by atoms with van der Waals surface area (Å²) < 4.78 is 4.98. The third-order valence-corrected chi connectivity index (χ3v) is 2.82. The maximum atomic E-state index is 11.0. The lowest BCUT2D eigenvalue weighted by atomic mass is 10.2. The van der Waals surface area contributed by atoms with Gasteiger partial charge in [0.25, 0.3) is 5.69 Å². The zero-order chi connectivity index (χ0) is 14.5. The number of anilines is 1. The second kappa shape index (κ2) is 5.92. The van der Waals surface area contributed by atoms with Gasteiger partial charge in [0, 0.05) is 6.54 Å². The van der Waals surface area contributed by atoms with Crippen LogP contribution >= 0.6 is 0 Å². The van der Waals surface area contributed by atoms with Gasteiger partial charge in [-0.15, -0.1) is 0 Å². The van der Waals surface area contributed by atoms with Gasteiger partial charge in [0.2, 0.25) is 0 Å². The predicted octanol–water partition coefficient (Wildman–Crippen LogP) is 2.92. The van der Waals surface area contributed by atoms with Gasteiger partial charge in [-0.25, -0.2) is 0 Å². The zero-order valence-electron chi connectivity index (χ0n) is 10.9. The molecule has 0 aliphatic heterocycles. The minimum atomic E-state index is -0.457. The average Bonchev–Trinajstić information content (AvgIpc) is 2.46. The molecule has 0 amide bonds. The number of phenols is 1. The summed E-state index contributed by atoms with van der Waals surface area (Å²) in [5, 5.41) is 23.2. The summed E-state index contributed by atoms with van der Waals surface area (Å²) in [6, 6.07) is 11.3. The van der Waals surface area contributed by atoms with Crippen molar-refractivity contribution in [3.63, 3.8) is 0 Å². The molecule has 0 saturated heterocycles. The Morgan fingerprint density at radius 1 is 1.25 bits per heavy atom. The lowest BCUT2D eigenvalue weighted by Crippen LogP contribution is -2.02. The van der Waals surface area contributed by atoms with Crippen molar-refractivity contribution < 1.29 is 14.8 Å². The Kier molecular flexibility index (Phi) is 4.05. The SMILES string of the molecule is COc1ccc(NCc2ccc(O)cc2)c([N+](=O)[O-])c1. The summed E-state index contributed by atoms with van der Waals surface area (Å²) in [6.45, 7) is 0.424. The molecule has 0 bridgehead atoms. The van der Waals surface area contributed by atoms with Crippen molar-refractivity contribution in [1.29, 1.82) is 0 Å². The van der Waals surface area contributed by atoms with E-state index in [2.05, 4.69) is 5.32 Å². The molecule has 0 radical (unpaired) electrons. The smallest absolute Gasteiger partial charge is 0.296 e. The molecule has 2 rings (SSSR count). The zero-order valence-corrected chi connectivity index (χ0v) is 10.9. The molecule has 104 valence electrons. The van der Waals surface area contributed by atoms with Gasteiger partial charge in [-0.2, -0.15) is 0 Å². The highest BCUT2D eigenvalue weighted by atomic mass is 16.6. The van der Waals surface area contributed by atoms with Crippen molar-refractivity contribution in [3.8, 4) is 11.5 Å². The first-order valence-electron chi connectivity index (χ1n) is 5.94. The Bertz CT molecular complexity index is 611. The Morgan fingerprint density at radius 3 is 2.55 bits per heavy atom. The van der Waals surface area contributed by atoms with Crippen molar-refractivity contribution in [3.05, 3.63) is 58.1 Å². The molecule has 0 aromatic heterocycles. The van der Waals surface area contributed by atoms with Crippen molar-refractivity contribution in [2.45, 2.75) is 6.54 Å². The fourth-order valence-corrected chi connectivity index (χ4v) is 1.75. The summed E-state index contributed by atoms with van der Waals surface area (Å²) in [5.74, 6) is 0.621. The Hall–Kier alpha value is -2.76. The van der Waals surface area contributed by atoms with E-state index < -0.39 is 4.92 Å². The molecular weight excluding hydrogens is 260 g/mol. The van der Waals surface area contributed by atoms with Crippen LogP contribution < -0.4 is 10.1 Å². The third-order valence-electron chi connectivity index (χ3n) is 2.82. The predicted molar refractivity (Wildman–Crippen MR) is 75.1 cm³/mol. The van der Waals surface area contributed by atoms with Gasteiger partial charge in [0.1, 0.15) is 17.2 Å². The maximum absolute atomic E-state index is 11.0. The number of benzene rings is 2. The largest absolute Gasteiger partial charge is 0.508 e. The lowest BCUT2D eigenvalue weighted by Gasteiger charge is -2.08. The highest BCUT2D eigenvalue weighted by molar-refractivity contribution is 5.64. The number of nitrogens with one attached hydrogen (secondary N) is 1. The van der Waals surface area contributed by atoms with E-state index in [1.54, 1.807) is 36.4 Å². The molecule has 2 N–H and O–H groups in total. The minimum Gasteiger partial charge on any atom is -0.508 e. The first kappa shape index (κ1) is 13.7. The van der Waals surface area contributed by atoms with Gasteiger partial charge in [-0.1, -0.05) is 12.1 Å². The Labute approximate surface area is 115 Å². The van der Waals surface area contributed by atoms with Crippen LogP contribution in [0.4, 0.5) is 11.4 Å². The quantitative estimate of drug-likeness (QED) is 0.646. The van der Waals surface area contributed by atoms with Crippen LogP contribution in [-0.2, 0) is 6.54 Å². The number of phenolic OH excluding ortho intramolecular Hbond substituents is 1. The van der Waals surface area contributed by atoms with Crippen molar-refractivity contribution in [2.75, 3.05) is 12.4 Å². The number of nitro benzene ring substituents is 1. The van der Waals surface area contributed by atoms with Crippen LogP contribution in [0.2, 0.25) is 0 Å².